The van der Waals surface area contributed by atoms with Crippen LogP contribution in [0.4, 0.5) is 0 Å². The molecule has 2 aromatic heterocycles. The molecule has 3 heterocycles. The van der Waals surface area contributed by atoms with Gasteiger partial charge in [0.2, 0.25) is 0 Å². The zero-order valence-corrected chi connectivity index (χ0v) is 12.2. The molecule has 0 radical (unpaired) electrons. The first-order valence-corrected chi connectivity index (χ1v) is 7.71. The lowest BCUT2D eigenvalue weighted by molar-refractivity contribution is 0.413. The molecular formula is C15H19BN4O. The van der Waals surface area contributed by atoms with Gasteiger partial charge in [-0.25, -0.2) is 4.98 Å². The van der Waals surface area contributed by atoms with Crippen LogP contribution in [0.1, 0.15) is 37.7 Å². The summed E-state index contributed by atoms with van der Waals surface area (Å²) in [5.41, 5.74) is 3.97. The molecule has 0 spiro atoms. The van der Waals surface area contributed by atoms with Crippen molar-refractivity contribution in [2.45, 2.75) is 32.1 Å². The van der Waals surface area contributed by atoms with Crippen molar-refractivity contribution in [2.24, 2.45) is 11.0 Å². The average Bonchev–Trinajstić information content (AvgIpc) is 3.00. The molecule has 0 aromatic carbocycles. The van der Waals surface area contributed by atoms with Crippen LogP contribution in [-0.4, -0.2) is 39.7 Å². The van der Waals surface area contributed by atoms with Crippen molar-refractivity contribution in [1.29, 1.82) is 0 Å². The minimum Gasteiger partial charge on any atom is -0.428 e. The van der Waals surface area contributed by atoms with Gasteiger partial charge >= 0.3 is 7.05 Å². The van der Waals surface area contributed by atoms with Crippen LogP contribution in [0.15, 0.2) is 23.6 Å². The number of hydrogen-bond donors (Lipinski definition) is 2. The Hall–Kier alpha value is -1.82. The summed E-state index contributed by atoms with van der Waals surface area (Å²) in [6, 6.07) is 2.04. The predicted molar refractivity (Wildman–Crippen MR) is 84.6 cm³/mol. The van der Waals surface area contributed by atoms with Crippen molar-refractivity contribution in [3.63, 3.8) is 0 Å². The Morgan fingerprint density at radius 1 is 1.33 bits per heavy atom. The zero-order valence-electron chi connectivity index (χ0n) is 12.2. The number of rotatable bonds is 1. The molecule has 21 heavy (non-hydrogen) atoms. The Morgan fingerprint density at radius 3 is 2.95 bits per heavy atom. The number of pyridine rings is 1. The molecule has 0 atom stereocenters. The van der Waals surface area contributed by atoms with Crippen LogP contribution in [0.2, 0.25) is 0 Å². The van der Waals surface area contributed by atoms with E-state index in [0.29, 0.717) is 5.92 Å². The van der Waals surface area contributed by atoms with Crippen molar-refractivity contribution < 1.29 is 5.02 Å². The van der Waals surface area contributed by atoms with Crippen LogP contribution in [0.3, 0.4) is 0 Å². The molecule has 5 nitrogen and oxygen atoms in total. The molecule has 0 unspecified atom stereocenters. The highest BCUT2D eigenvalue weighted by Crippen LogP contribution is 2.31. The van der Waals surface area contributed by atoms with E-state index in [0.717, 1.165) is 27.8 Å². The second kappa shape index (κ2) is 4.88. The summed E-state index contributed by atoms with van der Waals surface area (Å²) >= 11 is 0. The second-order valence-electron chi connectivity index (χ2n) is 6.10. The molecule has 2 N–H and O–H groups in total. The fourth-order valence-corrected chi connectivity index (χ4v) is 3.64. The molecule has 2 aromatic rings. The lowest BCUT2D eigenvalue weighted by atomic mass is 9.67. The molecule has 1 aliphatic carbocycles. The Morgan fingerprint density at radius 2 is 2.14 bits per heavy atom. The van der Waals surface area contributed by atoms with Gasteiger partial charge < -0.3 is 14.9 Å². The van der Waals surface area contributed by atoms with Gasteiger partial charge in [-0.05, 0) is 18.9 Å². The molecule has 0 bridgehead atoms. The maximum Gasteiger partial charge on any atom is 0.468 e. The van der Waals surface area contributed by atoms with E-state index in [1.807, 2.05) is 19.3 Å². The lowest BCUT2D eigenvalue weighted by Gasteiger charge is -2.32. The summed E-state index contributed by atoms with van der Waals surface area (Å²) in [6.45, 7) is 0. The number of hydrogen-bond acceptors (Lipinski definition) is 4. The molecule has 1 saturated carbocycles. The van der Waals surface area contributed by atoms with E-state index in [1.165, 1.54) is 32.1 Å². The smallest absolute Gasteiger partial charge is 0.428 e. The number of hydrazone groups is 1. The van der Waals surface area contributed by atoms with Crippen LogP contribution in [0.5, 0.6) is 0 Å². The van der Waals surface area contributed by atoms with E-state index in [2.05, 4.69) is 9.97 Å². The van der Waals surface area contributed by atoms with Gasteiger partial charge in [0.15, 0.2) is 0 Å². The van der Waals surface area contributed by atoms with Gasteiger partial charge in [-0.2, -0.15) is 5.10 Å². The van der Waals surface area contributed by atoms with Crippen molar-refractivity contribution >= 4 is 29.3 Å². The van der Waals surface area contributed by atoms with Crippen LogP contribution in [0.25, 0.3) is 11.0 Å². The van der Waals surface area contributed by atoms with Gasteiger partial charge in [0, 0.05) is 41.8 Å². The standard InChI is InChI=1S/C15H19BN4O/c1-20-16(21)12-9-18-15-11(7-8-17-15)13(12)14(19-20)10-5-3-2-4-6-10/h7-10,21H,2-6H2,1H3,(H,17,18). The Kier molecular flexibility index (Phi) is 2.99. The van der Waals surface area contributed by atoms with Crippen LogP contribution in [0, 0.1) is 5.92 Å². The first-order chi connectivity index (χ1) is 10.3. The van der Waals surface area contributed by atoms with Gasteiger partial charge in [-0.1, -0.05) is 19.3 Å². The molecule has 0 amide bonds. The van der Waals surface area contributed by atoms with Gasteiger partial charge in [-0.3, -0.25) is 0 Å². The minimum absolute atomic E-state index is 0.493. The van der Waals surface area contributed by atoms with Crippen LogP contribution < -0.4 is 5.46 Å². The molecule has 2 aliphatic rings. The van der Waals surface area contributed by atoms with Crippen molar-refractivity contribution in [3.8, 4) is 0 Å². The maximum atomic E-state index is 10.4. The average molecular weight is 282 g/mol. The highest BCUT2D eigenvalue weighted by atomic mass is 16.2. The minimum atomic E-state index is -0.709. The van der Waals surface area contributed by atoms with E-state index in [1.54, 1.807) is 11.1 Å². The first kappa shape index (κ1) is 12.9. The maximum absolute atomic E-state index is 10.4. The Balaban J connectivity index is 1.91. The molecular weight excluding hydrogens is 263 g/mol. The fraction of sp³-hybridized carbons (Fsp3) is 0.467. The summed E-state index contributed by atoms with van der Waals surface area (Å²) in [5.74, 6) is 0.493. The third-order valence-electron chi connectivity index (χ3n) is 4.76. The number of nitrogens with one attached hydrogen (secondary N) is 1. The van der Waals surface area contributed by atoms with E-state index >= 15 is 0 Å². The summed E-state index contributed by atoms with van der Waals surface area (Å²) in [4.78, 5) is 9.24. The molecule has 1 aliphatic heterocycles. The van der Waals surface area contributed by atoms with E-state index in [9.17, 15) is 5.02 Å². The quantitative estimate of drug-likeness (QED) is 0.779. The number of aromatic amines is 1. The monoisotopic (exact) mass is 282 g/mol. The number of H-pyrrole nitrogens is 1. The topological polar surface area (TPSA) is 64.5 Å². The molecule has 0 saturated heterocycles. The third kappa shape index (κ3) is 1.97. The Labute approximate surface area is 124 Å². The molecule has 108 valence electrons. The number of nitrogens with zero attached hydrogens (tertiary/aromatic N) is 3. The van der Waals surface area contributed by atoms with Crippen molar-refractivity contribution in [1.82, 2.24) is 14.9 Å². The van der Waals surface area contributed by atoms with Crippen LogP contribution in [-0.2, 0) is 0 Å². The SMILES string of the molecule is CN1N=C(C2CCCCC2)c2c(cnc3[nH]ccc23)B1O. The lowest BCUT2D eigenvalue weighted by Crippen LogP contribution is -2.51. The summed E-state index contributed by atoms with van der Waals surface area (Å²) in [6.07, 6.45) is 9.94. The highest BCUT2D eigenvalue weighted by Gasteiger charge is 2.35. The first-order valence-electron chi connectivity index (χ1n) is 7.71. The van der Waals surface area contributed by atoms with Crippen molar-refractivity contribution in [2.75, 3.05) is 7.05 Å². The second-order valence-corrected chi connectivity index (χ2v) is 6.10. The zero-order chi connectivity index (χ0) is 14.4. The highest BCUT2D eigenvalue weighted by molar-refractivity contribution is 6.66. The molecule has 6 heteroatoms. The van der Waals surface area contributed by atoms with E-state index in [-0.39, 0.29) is 0 Å². The predicted octanol–water partition coefficient (Wildman–Crippen LogP) is 1.48. The Bertz CT molecular complexity index is 705. The molecule has 1 fully saturated rings. The van der Waals surface area contributed by atoms with Gasteiger partial charge in [0.25, 0.3) is 0 Å². The summed E-state index contributed by atoms with van der Waals surface area (Å²) in [5, 5.41) is 16.2. The summed E-state index contributed by atoms with van der Waals surface area (Å²) < 4.78 is 0. The van der Waals surface area contributed by atoms with Crippen LogP contribution >= 0.6 is 0 Å². The normalized spacial score (nSPS) is 19.8. The number of aromatic nitrogens is 2. The number of fused-ring (bicyclic) bond motifs is 3. The fourth-order valence-electron chi connectivity index (χ4n) is 3.64. The van der Waals surface area contributed by atoms with Gasteiger partial charge in [0.1, 0.15) is 5.65 Å². The van der Waals surface area contributed by atoms with Gasteiger partial charge in [-0.15, -0.1) is 0 Å². The third-order valence-corrected chi connectivity index (χ3v) is 4.76. The van der Waals surface area contributed by atoms with Gasteiger partial charge in [0.05, 0.1) is 5.71 Å². The van der Waals surface area contributed by atoms with E-state index < -0.39 is 7.05 Å². The summed E-state index contributed by atoms with van der Waals surface area (Å²) in [7, 11) is 1.12. The van der Waals surface area contributed by atoms with E-state index in [4.69, 9.17) is 5.10 Å². The largest absolute Gasteiger partial charge is 0.468 e. The van der Waals surface area contributed by atoms with Crippen molar-refractivity contribution in [3.05, 3.63) is 24.0 Å². The molecule has 4 rings (SSSR count).